The highest BCUT2D eigenvalue weighted by Crippen LogP contribution is 2.56. The van der Waals surface area contributed by atoms with E-state index >= 15 is 0 Å². The van der Waals surface area contributed by atoms with E-state index in [-0.39, 0.29) is 24.3 Å². The molecule has 1 saturated carbocycles. The number of halogens is 3. The summed E-state index contributed by atoms with van der Waals surface area (Å²) >= 11 is 19.9. The molecule has 0 amide bonds. The van der Waals surface area contributed by atoms with Gasteiger partial charge >= 0.3 is 5.97 Å². The quantitative estimate of drug-likeness (QED) is 0.193. The lowest BCUT2D eigenvalue weighted by Crippen LogP contribution is -2.32. The predicted molar refractivity (Wildman–Crippen MR) is 170 cm³/mol. The van der Waals surface area contributed by atoms with E-state index in [0.717, 1.165) is 37.9 Å². The van der Waals surface area contributed by atoms with Gasteiger partial charge in [-0.2, -0.15) is 0 Å². The van der Waals surface area contributed by atoms with Gasteiger partial charge in [0.25, 0.3) is 0 Å². The van der Waals surface area contributed by atoms with Gasteiger partial charge < -0.3 is 23.8 Å². The maximum absolute atomic E-state index is 11.8. The van der Waals surface area contributed by atoms with Gasteiger partial charge in [0.05, 0.1) is 35.2 Å². The van der Waals surface area contributed by atoms with E-state index in [0.29, 0.717) is 69.1 Å². The molecule has 3 aliphatic rings. The Hall–Kier alpha value is -2.81. The first-order valence-electron chi connectivity index (χ1n) is 14.9. The number of rotatable bonds is 11. The molecule has 3 aromatic rings. The Morgan fingerprint density at radius 3 is 2.48 bits per heavy atom. The van der Waals surface area contributed by atoms with Gasteiger partial charge in [0.1, 0.15) is 24.2 Å². The number of carbonyl (C=O) groups is 1. The zero-order valence-corrected chi connectivity index (χ0v) is 26.6. The third-order valence-corrected chi connectivity index (χ3v) is 9.46. The molecule has 0 spiro atoms. The average Bonchev–Trinajstić information content (AvgIpc) is 3.74. The van der Waals surface area contributed by atoms with Gasteiger partial charge in [-0.25, -0.2) is 4.79 Å². The standard InChI is InChI=1S/C34H34Cl3NO6/c1-40-34(39)21-10-8-20(9-11-21)24-18-25(24)23-13-12-22(17-29(23)37)43-19-26-30(14-16-42-31-7-2-3-15-41-31)44-38-33(26)32-27(35)5-4-6-28(32)36/h4-6,8-13,17,24-26,30-31H,2-3,7,14-16,18-19H2,1H3. The second-order valence-electron chi connectivity index (χ2n) is 11.3. The largest absolute Gasteiger partial charge is 0.493 e. The summed E-state index contributed by atoms with van der Waals surface area (Å²) in [6.07, 6.45) is 4.20. The normalized spacial score (nSPS) is 24.4. The highest BCUT2D eigenvalue weighted by Gasteiger charge is 2.41. The van der Waals surface area contributed by atoms with E-state index in [9.17, 15) is 4.79 Å². The van der Waals surface area contributed by atoms with Gasteiger partial charge in [0.15, 0.2) is 6.29 Å². The molecule has 1 aliphatic carbocycles. The van der Waals surface area contributed by atoms with Crippen LogP contribution in [-0.4, -0.2) is 51.0 Å². The van der Waals surface area contributed by atoms with Crippen LogP contribution < -0.4 is 4.74 Å². The Kier molecular flexibility index (Phi) is 9.99. The molecule has 0 aromatic heterocycles. The third-order valence-electron chi connectivity index (χ3n) is 8.50. The van der Waals surface area contributed by atoms with Crippen LogP contribution in [0.5, 0.6) is 5.75 Å². The fraction of sp³-hybridized carbons (Fsp3) is 0.412. The van der Waals surface area contributed by atoms with E-state index < -0.39 is 0 Å². The molecule has 7 nitrogen and oxygen atoms in total. The molecular weight excluding hydrogens is 625 g/mol. The maximum atomic E-state index is 11.8. The third kappa shape index (κ3) is 7.03. The van der Waals surface area contributed by atoms with Crippen molar-refractivity contribution in [2.75, 3.05) is 26.9 Å². The first-order valence-corrected chi connectivity index (χ1v) is 16.1. The summed E-state index contributed by atoms with van der Waals surface area (Å²) in [6.45, 7) is 1.49. The number of oxime groups is 1. The number of hydrogen-bond donors (Lipinski definition) is 0. The lowest BCUT2D eigenvalue weighted by Gasteiger charge is -2.24. The van der Waals surface area contributed by atoms with Gasteiger partial charge in [0.2, 0.25) is 0 Å². The summed E-state index contributed by atoms with van der Waals surface area (Å²) in [5.41, 5.74) is 4.10. The van der Waals surface area contributed by atoms with Crippen molar-refractivity contribution < 1.29 is 28.6 Å². The second kappa shape index (κ2) is 14.1. The molecule has 44 heavy (non-hydrogen) atoms. The van der Waals surface area contributed by atoms with Crippen LogP contribution in [0.1, 0.15) is 71.0 Å². The fourth-order valence-corrected chi connectivity index (χ4v) is 6.89. The number of nitrogens with zero attached hydrogens (tertiary/aromatic N) is 1. The van der Waals surface area contributed by atoms with Crippen molar-refractivity contribution in [1.82, 2.24) is 0 Å². The van der Waals surface area contributed by atoms with E-state index in [4.69, 9.17) is 58.6 Å². The van der Waals surface area contributed by atoms with Gasteiger partial charge in [-0.1, -0.05) is 64.2 Å². The Morgan fingerprint density at radius 2 is 1.77 bits per heavy atom. The van der Waals surface area contributed by atoms with Gasteiger partial charge in [-0.3, -0.25) is 0 Å². The first kappa shape index (κ1) is 31.2. The highest BCUT2D eigenvalue weighted by atomic mass is 35.5. The zero-order chi connectivity index (χ0) is 30.6. The minimum Gasteiger partial charge on any atom is -0.493 e. The predicted octanol–water partition coefficient (Wildman–Crippen LogP) is 8.44. The number of ether oxygens (including phenoxy) is 4. The van der Waals surface area contributed by atoms with Crippen LogP contribution in [0.4, 0.5) is 0 Å². The van der Waals surface area contributed by atoms with Crippen LogP contribution in [0.15, 0.2) is 65.8 Å². The molecule has 0 radical (unpaired) electrons. The Labute approximate surface area is 272 Å². The molecule has 3 aromatic carbocycles. The van der Waals surface area contributed by atoms with Crippen molar-refractivity contribution in [3.8, 4) is 5.75 Å². The molecule has 2 heterocycles. The van der Waals surface area contributed by atoms with Crippen LogP contribution in [0, 0.1) is 5.92 Å². The van der Waals surface area contributed by atoms with Crippen molar-refractivity contribution in [2.24, 2.45) is 11.1 Å². The fourth-order valence-electron chi connectivity index (χ4n) is 5.99. The number of hydrogen-bond acceptors (Lipinski definition) is 7. The van der Waals surface area contributed by atoms with Crippen molar-refractivity contribution in [2.45, 2.75) is 56.3 Å². The molecule has 5 atom stereocenters. The molecule has 1 saturated heterocycles. The number of methoxy groups -OCH3 is 1. The summed E-state index contributed by atoms with van der Waals surface area (Å²) in [5.74, 6) is 0.738. The maximum Gasteiger partial charge on any atom is 0.337 e. The summed E-state index contributed by atoms with van der Waals surface area (Å²) in [6, 6.07) is 18.8. The Morgan fingerprint density at radius 1 is 0.977 bits per heavy atom. The molecule has 2 aliphatic heterocycles. The summed E-state index contributed by atoms with van der Waals surface area (Å²) in [5, 5.41) is 6.08. The number of benzene rings is 3. The summed E-state index contributed by atoms with van der Waals surface area (Å²) in [4.78, 5) is 17.7. The lowest BCUT2D eigenvalue weighted by atomic mass is 9.91. The van der Waals surface area contributed by atoms with E-state index in [1.54, 1.807) is 30.3 Å². The second-order valence-corrected chi connectivity index (χ2v) is 12.6. The van der Waals surface area contributed by atoms with Gasteiger partial charge in [-0.05, 0) is 85.0 Å². The van der Waals surface area contributed by atoms with E-state index in [1.165, 1.54) is 12.7 Å². The lowest BCUT2D eigenvalue weighted by molar-refractivity contribution is -0.166. The van der Waals surface area contributed by atoms with Crippen molar-refractivity contribution >= 4 is 46.5 Å². The zero-order valence-electron chi connectivity index (χ0n) is 24.3. The van der Waals surface area contributed by atoms with E-state index in [2.05, 4.69) is 5.16 Å². The van der Waals surface area contributed by atoms with Crippen molar-refractivity contribution in [3.63, 3.8) is 0 Å². The average molecular weight is 659 g/mol. The molecular formula is C34H34Cl3NO6. The first-order chi connectivity index (χ1) is 21.4. The van der Waals surface area contributed by atoms with Gasteiger partial charge in [0, 0.05) is 23.6 Å². The SMILES string of the molecule is COC(=O)c1ccc(C2CC2c2ccc(OCC3C(c4c(Cl)cccc4Cl)=NOC3CCOC3CCCCO3)cc2Cl)cc1. The molecule has 0 N–H and O–H groups in total. The molecule has 232 valence electrons. The summed E-state index contributed by atoms with van der Waals surface area (Å²) in [7, 11) is 1.38. The molecule has 6 rings (SSSR count). The molecule has 5 unspecified atom stereocenters. The van der Waals surface area contributed by atoms with Crippen LogP contribution in [-0.2, 0) is 19.0 Å². The number of carbonyl (C=O) groups excluding carboxylic acids is 1. The smallest absolute Gasteiger partial charge is 0.337 e. The van der Waals surface area contributed by atoms with Crippen LogP contribution in [0.25, 0.3) is 0 Å². The summed E-state index contributed by atoms with van der Waals surface area (Å²) < 4.78 is 22.8. The number of esters is 1. The van der Waals surface area contributed by atoms with Crippen LogP contribution in [0.2, 0.25) is 15.1 Å². The van der Waals surface area contributed by atoms with Crippen LogP contribution >= 0.6 is 34.8 Å². The molecule has 0 bridgehead atoms. The minimum absolute atomic E-state index is 0.177. The molecule has 2 fully saturated rings. The topological polar surface area (TPSA) is 75.6 Å². The van der Waals surface area contributed by atoms with Crippen molar-refractivity contribution in [1.29, 1.82) is 0 Å². The Balaban J connectivity index is 1.11. The molecule has 10 heteroatoms. The van der Waals surface area contributed by atoms with Gasteiger partial charge in [-0.15, -0.1) is 0 Å². The Bertz CT molecular complexity index is 1490. The minimum atomic E-state index is -0.339. The highest BCUT2D eigenvalue weighted by molar-refractivity contribution is 6.40. The van der Waals surface area contributed by atoms with E-state index in [1.807, 2.05) is 30.3 Å². The van der Waals surface area contributed by atoms with Crippen molar-refractivity contribution in [3.05, 3.63) is 98.0 Å². The monoisotopic (exact) mass is 657 g/mol. The van der Waals surface area contributed by atoms with Crippen LogP contribution in [0.3, 0.4) is 0 Å².